The first-order valence-electron chi connectivity index (χ1n) is 7.04. The van der Waals surface area contributed by atoms with Crippen molar-refractivity contribution < 1.29 is 13.5 Å². The van der Waals surface area contributed by atoms with Gasteiger partial charge in [-0.3, -0.25) is 0 Å². The predicted molar refractivity (Wildman–Crippen MR) is 79.8 cm³/mol. The number of allylic oxidation sites excluding steroid dienone is 1. The van der Waals surface area contributed by atoms with Gasteiger partial charge in [-0.1, -0.05) is 45.0 Å². The van der Waals surface area contributed by atoms with Crippen molar-refractivity contribution in [1.82, 2.24) is 0 Å². The lowest BCUT2D eigenvalue weighted by Crippen LogP contribution is -2.26. The van der Waals surface area contributed by atoms with Crippen molar-refractivity contribution >= 4 is 9.84 Å². The molecule has 2 rings (SSSR count). The fourth-order valence-corrected chi connectivity index (χ4v) is 4.60. The van der Waals surface area contributed by atoms with Gasteiger partial charge in [0.15, 0.2) is 0 Å². The van der Waals surface area contributed by atoms with Crippen LogP contribution in [0.2, 0.25) is 0 Å². The van der Waals surface area contributed by atoms with Crippen LogP contribution in [0.5, 0.6) is 0 Å². The van der Waals surface area contributed by atoms with E-state index in [1.807, 2.05) is 20.8 Å². The van der Waals surface area contributed by atoms with Gasteiger partial charge in [-0.05, 0) is 36.3 Å². The Kier molecular flexibility index (Phi) is 4.35. The van der Waals surface area contributed by atoms with Crippen LogP contribution in [0.15, 0.2) is 46.2 Å². The van der Waals surface area contributed by atoms with Crippen LogP contribution >= 0.6 is 0 Å². The largest absolute Gasteiger partial charge is 0.393 e. The van der Waals surface area contributed by atoms with Crippen LogP contribution in [0, 0.1) is 17.8 Å². The van der Waals surface area contributed by atoms with E-state index in [-0.39, 0.29) is 17.8 Å². The minimum Gasteiger partial charge on any atom is -0.393 e. The van der Waals surface area contributed by atoms with Crippen molar-refractivity contribution in [2.45, 2.75) is 38.2 Å². The molecule has 1 N–H and O–H groups in total. The molecular formula is C16H22O3S. The van der Waals surface area contributed by atoms with E-state index in [1.54, 1.807) is 36.4 Å². The van der Waals surface area contributed by atoms with Crippen molar-refractivity contribution in [3.8, 4) is 0 Å². The molecule has 1 aliphatic carbocycles. The van der Waals surface area contributed by atoms with E-state index in [9.17, 15) is 13.5 Å². The first kappa shape index (κ1) is 15.3. The second-order valence-corrected chi connectivity index (χ2v) is 7.68. The number of hydrogen-bond donors (Lipinski definition) is 1. The van der Waals surface area contributed by atoms with Gasteiger partial charge in [0.05, 0.1) is 11.0 Å². The summed E-state index contributed by atoms with van der Waals surface area (Å²) in [6.07, 6.45) is 1.63. The van der Waals surface area contributed by atoms with Crippen molar-refractivity contribution in [1.29, 1.82) is 0 Å². The van der Waals surface area contributed by atoms with E-state index in [4.69, 9.17) is 0 Å². The summed E-state index contributed by atoms with van der Waals surface area (Å²) in [4.78, 5) is 0.772. The van der Waals surface area contributed by atoms with Gasteiger partial charge in [-0.15, -0.1) is 0 Å². The molecule has 0 unspecified atom stereocenters. The average molecular weight is 294 g/mol. The van der Waals surface area contributed by atoms with E-state index in [1.165, 1.54) is 0 Å². The minimum atomic E-state index is -3.46. The lowest BCUT2D eigenvalue weighted by atomic mass is 9.83. The summed E-state index contributed by atoms with van der Waals surface area (Å²) < 4.78 is 25.5. The maximum atomic E-state index is 12.8. The Hall–Kier alpha value is -1.13. The number of hydrogen-bond acceptors (Lipinski definition) is 3. The molecule has 0 saturated heterocycles. The molecule has 0 aromatic heterocycles. The Labute approximate surface area is 121 Å². The molecule has 0 bridgehead atoms. The van der Waals surface area contributed by atoms with Gasteiger partial charge in [0, 0.05) is 4.91 Å². The lowest BCUT2D eigenvalue weighted by molar-refractivity contribution is 0.0839. The maximum Gasteiger partial charge on any atom is 0.202 e. The van der Waals surface area contributed by atoms with Gasteiger partial charge in [-0.2, -0.15) is 0 Å². The van der Waals surface area contributed by atoms with E-state index in [0.717, 1.165) is 0 Å². The zero-order valence-corrected chi connectivity index (χ0v) is 13.0. The lowest BCUT2D eigenvalue weighted by Gasteiger charge is -2.27. The summed E-state index contributed by atoms with van der Waals surface area (Å²) in [5, 5.41) is 10.1. The van der Waals surface area contributed by atoms with Crippen LogP contribution in [0.25, 0.3) is 0 Å². The average Bonchev–Trinajstić information content (AvgIpc) is 2.54. The SMILES string of the molecule is C[C@@H]1[C@H](C)[C@@H](O)CC=C(S(=O)(=O)c2ccccc2)[C@H]1C. The van der Waals surface area contributed by atoms with Crippen LogP contribution in [0.1, 0.15) is 27.2 Å². The number of rotatable bonds is 2. The van der Waals surface area contributed by atoms with Crippen molar-refractivity contribution in [2.75, 3.05) is 0 Å². The Morgan fingerprint density at radius 3 is 2.25 bits per heavy atom. The highest BCUT2D eigenvalue weighted by molar-refractivity contribution is 7.95. The van der Waals surface area contributed by atoms with Crippen LogP contribution in [-0.2, 0) is 9.84 Å². The minimum absolute atomic E-state index is 0.0877. The Morgan fingerprint density at radius 2 is 1.65 bits per heavy atom. The molecule has 20 heavy (non-hydrogen) atoms. The molecule has 1 aromatic rings. The maximum absolute atomic E-state index is 12.8. The third-order valence-electron chi connectivity index (χ3n) is 4.60. The second kappa shape index (κ2) is 5.70. The summed E-state index contributed by atoms with van der Waals surface area (Å²) in [5.41, 5.74) is 0. The van der Waals surface area contributed by atoms with Crippen molar-refractivity contribution in [3.05, 3.63) is 41.3 Å². The normalized spacial score (nSPS) is 31.5. The quantitative estimate of drug-likeness (QED) is 0.912. The molecule has 4 heteroatoms. The zero-order chi connectivity index (χ0) is 14.9. The molecule has 1 aromatic carbocycles. The molecule has 3 nitrogen and oxygen atoms in total. The molecule has 0 heterocycles. The monoisotopic (exact) mass is 294 g/mol. The van der Waals surface area contributed by atoms with Gasteiger partial charge < -0.3 is 5.11 Å². The molecule has 110 valence electrons. The Bertz CT molecular complexity index is 589. The summed E-state index contributed by atoms with van der Waals surface area (Å²) >= 11 is 0. The van der Waals surface area contributed by atoms with Crippen molar-refractivity contribution in [3.63, 3.8) is 0 Å². The Balaban J connectivity index is 2.46. The van der Waals surface area contributed by atoms with Gasteiger partial charge in [0.25, 0.3) is 0 Å². The summed E-state index contributed by atoms with van der Waals surface area (Å²) in [7, 11) is -3.46. The van der Waals surface area contributed by atoms with E-state index in [0.29, 0.717) is 16.2 Å². The highest BCUT2D eigenvalue weighted by Crippen LogP contribution is 2.37. The summed E-state index contributed by atoms with van der Waals surface area (Å²) in [6.45, 7) is 5.93. The summed E-state index contributed by atoms with van der Waals surface area (Å²) in [5.74, 6) is 0.120. The van der Waals surface area contributed by atoms with E-state index >= 15 is 0 Å². The number of benzene rings is 1. The summed E-state index contributed by atoms with van der Waals surface area (Å²) in [6, 6.07) is 8.51. The Morgan fingerprint density at radius 1 is 1.05 bits per heavy atom. The smallest absolute Gasteiger partial charge is 0.202 e. The third-order valence-corrected chi connectivity index (χ3v) is 6.65. The molecule has 4 atom stereocenters. The molecular weight excluding hydrogens is 272 g/mol. The molecule has 0 fully saturated rings. The van der Waals surface area contributed by atoms with E-state index in [2.05, 4.69) is 0 Å². The molecule has 1 aliphatic rings. The fraction of sp³-hybridized carbons (Fsp3) is 0.500. The van der Waals surface area contributed by atoms with Gasteiger partial charge in [0.2, 0.25) is 9.84 Å². The standard InChI is InChI=1S/C16H22O3S/c1-11-12(2)15(17)9-10-16(13(11)3)20(18,19)14-7-5-4-6-8-14/h4-8,10-13,15,17H,9H2,1-3H3/t11-,12+,13+,15+/m1/s1. The van der Waals surface area contributed by atoms with Crippen LogP contribution in [0.4, 0.5) is 0 Å². The number of aliphatic hydroxyl groups is 1. The molecule has 0 saturated carbocycles. The highest BCUT2D eigenvalue weighted by Gasteiger charge is 2.35. The van der Waals surface area contributed by atoms with Crippen LogP contribution in [0.3, 0.4) is 0 Å². The van der Waals surface area contributed by atoms with Crippen LogP contribution in [-0.4, -0.2) is 19.6 Å². The molecule has 0 aliphatic heterocycles. The first-order chi connectivity index (χ1) is 9.35. The molecule has 0 spiro atoms. The zero-order valence-electron chi connectivity index (χ0n) is 12.2. The number of aliphatic hydroxyl groups excluding tert-OH is 1. The molecule has 0 radical (unpaired) electrons. The predicted octanol–water partition coefficient (Wildman–Crippen LogP) is 3.02. The molecule has 0 amide bonds. The fourth-order valence-electron chi connectivity index (χ4n) is 2.79. The van der Waals surface area contributed by atoms with Gasteiger partial charge >= 0.3 is 0 Å². The number of sulfone groups is 1. The first-order valence-corrected chi connectivity index (χ1v) is 8.52. The van der Waals surface area contributed by atoms with Crippen molar-refractivity contribution in [2.24, 2.45) is 17.8 Å². The second-order valence-electron chi connectivity index (χ2n) is 5.73. The van der Waals surface area contributed by atoms with Gasteiger partial charge in [-0.25, -0.2) is 8.42 Å². The van der Waals surface area contributed by atoms with Gasteiger partial charge in [0.1, 0.15) is 0 Å². The van der Waals surface area contributed by atoms with Crippen LogP contribution < -0.4 is 0 Å². The topological polar surface area (TPSA) is 54.4 Å². The third kappa shape index (κ3) is 2.67. The highest BCUT2D eigenvalue weighted by atomic mass is 32.2. The van der Waals surface area contributed by atoms with E-state index < -0.39 is 15.9 Å².